The predicted octanol–water partition coefficient (Wildman–Crippen LogP) is 6.27. The number of nitrogen functional groups attached to an aromatic ring is 1. The molecule has 5 N–H and O–H groups in total. The number of para-hydroxylation sites is 2. The van der Waals surface area contributed by atoms with Gasteiger partial charge in [0.25, 0.3) is 5.91 Å². The third-order valence-electron chi connectivity index (χ3n) is 5.62. The van der Waals surface area contributed by atoms with Crippen LogP contribution in [0.25, 0.3) is 11.6 Å². The van der Waals surface area contributed by atoms with E-state index in [2.05, 4.69) is 5.32 Å². The molecule has 7 heteroatoms. The van der Waals surface area contributed by atoms with Crippen LogP contribution in [0.5, 0.6) is 5.75 Å². The normalized spacial score (nSPS) is 10.7. The molecule has 0 bridgehead atoms. The van der Waals surface area contributed by atoms with E-state index in [1.54, 1.807) is 49.2 Å². The van der Waals surface area contributed by atoms with Gasteiger partial charge in [-0.05, 0) is 78.9 Å². The van der Waals surface area contributed by atoms with E-state index in [4.69, 9.17) is 16.2 Å². The van der Waals surface area contributed by atoms with Crippen molar-refractivity contribution in [2.45, 2.75) is 11.8 Å². The monoisotopic (exact) mass is 525 g/mol. The van der Waals surface area contributed by atoms with E-state index in [9.17, 15) is 9.59 Å². The van der Waals surface area contributed by atoms with Crippen LogP contribution in [-0.4, -0.2) is 25.2 Å². The summed E-state index contributed by atoms with van der Waals surface area (Å²) in [5.41, 5.74) is 16.4. The molecule has 6 nitrogen and oxygen atoms in total. The minimum Gasteiger partial charge on any atom is -0.497 e. The Kier molecular flexibility index (Phi) is 10.1. The molecule has 0 saturated carbocycles. The van der Waals surface area contributed by atoms with Gasteiger partial charge in [-0.25, -0.2) is 0 Å². The maximum atomic E-state index is 11.9. The number of aryl methyl sites for hydroxylation is 1. The van der Waals surface area contributed by atoms with Gasteiger partial charge in [0, 0.05) is 16.0 Å². The number of anilines is 2. The highest BCUT2D eigenvalue weighted by molar-refractivity contribution is 7.98. The molecule has 2 amide bonds. The topological polar surface area (TPSA) is 107 Å². The highest BCUT2D eigenvalue weighted by Gasteiger charge is 2.09. The number of benzene rings is 4. The Morgan fingerprint density at radius 1 is 0.842 bits per heavy atom. The molecule has 0 fully saturated rings. The molecular formula is C31H31N3O3S. The van der Waals surface area contributed by atoms with Crippen LogP contribution in [0.4, 0.5) is 11.4 Å². The van der Waals surface area contributed by atoms with Crippen molar-refractivity contribution < 1.29 is 14.3 Å². The first-order valence-electron chi connectivity index (χ1n) is 11.8. The Labute approximate surface area is 227 Å². The number of hydrogen-bond acceptors (Lipinski definition) is 5. The summed E-state index contributed by atoms with van der Waals surface area (Å²) in [5.74, 6) is 0.143. The number of primary amides is 1. The SMILES string of the molecule is COc1ccc(/C(=C\c2ccc(SC)cc2)C(N)=O)cc1.Cc1ccc(C(=O)Nc2ccccc2N)cc1. The second-order valence-corrected chi connectivity index (χ2v) is 9.21. The zero-order valence-corrected chi connectivity index (χ0v) is 22.4. The first kappa shape index (κ1) is 28.1. The zero-order valence-electron chi connectivity index (χ0n) is 21.6. The summed E-state index contributed by atoms with van der Waals surface area (Å²) in [6, 6.07) is 29.8. The lowest BCUT2D eigenvalue weighted by Crippen LogP contribution is -2.12. The smallest absolute Gasteiger partial charge is 0.255 e. The van der Waals surface area contributed by atoms with E-state index < -0.39 is 5.91 Å². The summed E-state index contributed by atoms with van der Waals surface area (Å²) in [4.78, 5) is 24.8. The van der Waals surface area contributed by atoms with Crippen LogP contribution in [0.2, 0.25) is 0 Å². The van der Waals surface area contributed by atoms with E-state index in [1.807, 2.05) is 86.0 Å². The molecule has 0 aliphatic carbocycles. The van der Waals surface area contributed by atoms with E-state index in [1.165, 1.54) is 4.90 Å². The van der Waals surface area contributed by atoms with Gasteiger partial charge in [0.15, 0.2) is 0 Å². The zero-order chi connectivity index (χ0) is 27.5. The largest absolute Gasteiger partial charge is 0.497 e. The number of thioether (sulfide) groups is 1. The van der Waals surface area contributed by atoms with Gasteiger partial charge in [-0.1, -0.05) is 54.1 Å². The van der Waals surface area contributed by atoms with Crippen molar-refractivity contribution in [2.24, 2.45) is 5.73 Å². The molecule has 0 spiro atoms. The van der Waals surface area contributed by atoms with Crippen molar-refractivity contribution in [1.82, 2.24) is 0 Å². The van der Waals surface area contributed by atoms with Crippen LogP contribution < -0.4 is 21.5 Å². The van der Waals surface area contributed by atoms with Gasteiger partial charge in [-0.15, -0.1) is 11.8 Å². The summed E-state index contributed by atoms with van der Waals surface area (Å²) in [6.07, 6.45) is 3.82. The van der Waals surface area contributed by atoms with Gasteiger partial charge in [0.05, 0.1) is 18.5 Å². The van der Waals surface area contributed by atoms with Gasteiger partial charge in [-0.3, -0.25) is 9.59 Å². The summed E-state index contributed by atoms with van der Waals surface area (Å²) < 4.78 is 5.12. The highest BCUT2D eigenvalue weighted by atomic mass is 32.2. The number of ether oxygens (including phenoxy) is 1. The number of hydrogen-bond donors (Lipinski definition) is 3. The highest BCUT2D eigenvalue weighted by Crippen LogP contribution is 2.23. The number of amides is 2. The Balaban J connectivity index is 0.000000215. The van der Waals surface area contributed by atoms with Crippen LogP contribution in [-0.2, 0) is 4.79 Å². The molecular weight excluding hydrogens is 494 g/mol. The summed E-state index contributed by atoms with van der Waals surface area (Å²) in [6.45, 7) is 1.98. The Bertz CT molecular complexity index is 1400. The number of nitrogens with two attached hydrogens (primary N) is 2. The molecule has 38 heavy (non-hydrogen) atoms. The fourth-order valence-corrected chi connectivity index (χ4v) is 3.85. The minimum absolute atomic E-state index is 0.150. The molecule has 0 heterocycles. The Morgan fingerprint density at radius 2 is 1.45 bits per heavy atom. The molecule has 0 radical (unpaired) electrons. The van der Waals surface area contributed by atoms with Crippen molar-refractivity contribution in [1.29, 1.82) is 0 Å². The molecule has 0 aliphatic rings. The molecule has 0 atom stereocenters. The Hall–Kier alpha value is -4.49. The maximum Gasteiger partial charge on any atom is 0.255 e. The fraction of sp³-hybridized carbons (Fsp3) is 0.0968. The van der Waals surface area contributed by atoms with Crippen molar-refractivity contribution in [3.63, 3.8) is 0 Å². The molecule has 0 unspecified atom stereocenters. The third-order valence-corrected chi connectivity index (χ3v) is 6.36. The van der Waals surface area contributed by atoms with E-state index in [0.717, 1.165) is 22.4 Å². The summed E-state index contributed by atoms with van der Waals surface area (Å²) in [5, 5.41) is 2.78. The van der Waals surface area contributed by atoms with Gasteiger partial charge in [0.2, 0.25) is 5.91 Å². The second-order valence-electron chi connectivity index (χ2n) is 8.33. The van der Waals surface area contributed by atoms with Gasteiger partial charge < -0.3 is 21.5 Å². The van der Waals surface area contributed by atoms with Crippen LogP contribution in [0.15, 0.2) is 102 Å². The lowest BCUT2D eigenvalue weighted by molar-refractivity contribution is -0.112. The predicted molar refractivity (Wildman–Crippen MR) is 158 cm³/mol. The van der Waals surface area contributed by atoms with Gasteiger partial charge in [-0.2, -0.15) is 0 Å². The van der Waals surface area contributed by atoms with Crippen molar-refractivity contribution in [3.8, 4) is 5.75 Å². The molecule has 4 aromatic rings. The van der Waals surface area contributed by atoms with Crippen molar-refractivity contribution in [2.75, 3.05) is 24.4 Å². The first-order valence-corrected chi connectivity index (χ1v) is 13.1. The molecule has 0 aliphatic heterocycles. The maximum absolute atomic E-state index is 11.9. The lowest BCUT2D eigenvalue weighted by atomic mass is 10.0. The lowest BCUT2D eigenvalue weighted by Gasteiger charge is -2.07. The number of carbonyl (C=O) groups is 2. The number of carbonyl (C=O) groups excluding carboxylic acids is 2. The molecule has 194 valence electrons. The fourth-order valence-electron chi connectivity index (χ4n) is 3.44. The molecule has 0 saturated heterocycles. The average molecular weight is 526 g/mol. The van der Waals surface area contributed by atoms with E-state index in [-0.39, 0.29) is 5.91 Å². The van der Waals surface area contributed by atoms with Crippen LogP contribution in [0.1, 0.15) is 27.0 Å². The van der Waals surface area contributed by atoms with E-state index in [0.29, 0.717) is 22.5 Å². The van der Waals surface area contributed by atoms with Crippen molar-refractivity contribution >= 4 is 46.6 Å². The molecule has 4 rings (SSSR count). The van der Waals surface area contributed by atoms with Crippen LogP contribution >= 0.6 is 11.8 Å². The molecule has 0 aromatic heterocycles. The Morgan fingerprint density at radius 3 is 2.00 bits per heavy atom. The summed E-state index contributed by atoms with van der Waals surface area (Å²) >= 11 is 1.68. The summed E-state index contributed by atoms with van der Waals surface area (Å²) in [7, 11) is 1.60. The third kappa shape index (κ3) is 8.01. The first-order chi connectivity index (χ1) is 18.3. The van der Waals surface area contributed by atoms with Crippen LogP contribution in [0, 0.1) is 6.92 Å². The van der Waals surface area contributed by atoms with Crippen LogP contribution in [0.3, 0.4) is 0 Å². The number of nitrogens with one attached hydrogen (secondary N) is 1. The minimum atomic E-state index is -0.450. The van der Waals surface area contributed by atoms with Crippen molar-refractivity contribution in [3.05, 3.63) is 119 Å². The average Bonchev–Trinajstić information content (AvgIpc) is 2.94. The quantitative estimate of drug-likeness (QED) is 0.114. The van der Waals surface area contributed by atoms with E-state index >= 15 is 0 Å². The molecule has 4 aromatic carbocycles. The van der Waals surface area contributed by atoms with Gasteiger partial charge >= 0.3 is 0 Å². The van der Waals surface area contributed by atoms with Gasteiger partial charge in [0.1, 0.15) is 5.75 Å². The number of rotatable bonds is 7. The second kappa shape index (κ2) is 13.7. The standard InChI is InChI=1S/C17H17NO2S.C14H14N2O/c1-20-14-7-5-13(6-8-14)16(17(18)19)11-12-3-9-15(21-2)10-4-12;1-10-6-8-11(9-7-10)14(17)16-13-5-3-2-4-12(13)15/h3-11H,1-2H3,(H2,18,19);2-9H,15H2,1H3,(H,16,17)/b16-11+;. The number of methoxy groups -OCH3 is 1.